The third-order valence-corrected chi connectivity index (χ3v) is 8.80. The number of fused-ring (bicyclic) bond motifs is 2. The molecule has 1 N–H and O–H groups in total. The van der Waals surface area contributed by atoms with Crippen molar-refractivity contribution in [1.82, 2.24) is 9.80 Å². The van der Waals surface area contributed by atoms with Gasteiger partial charge >= 0.3 is 0 Å². The summed E-state index contributed by atoms with van der Waals surface area (Å²) in [5, 5.41) is 10.1. The number of aliphatic hydroxyl groups excluding tert-OH is 1. The number of benzene rings is 1. The minimum absolute atomic E-state index is 0.179. The van der Waals surface area contributed by atoms with Crippen LogP contribution >= 0.6 is 0 Å². The Bertz CT molecular complexity index is 1140. The van der Waals surface area contributed by atoms with E-state index in [-0.39, 0.29) is 24.3 Å². The number of unbranched alkanes of at least 4 members (excludes halogenated alkanes) is 2. The molecule has 0 saturated carbocycles. The van der Waals surface area contributed by atoms with E-state index in [9.17, 15) is 19.5 Å². The monoisotopic (exact) mass is 521 g/mol. The van der Waals surface area contributed by atoms with Crippen LogP contribution in [-0.2, 0) is 19.1 Å². The Morgan fingerprint density at radius 1 is 0.974 bits per heavy atom. The van der Waals surface area contributed by atoms with E-state index in [1.807, 2.05) is 61.6 Å². The summed E-state index contributed by atoms with van der Waals surface area (Å²) in [6.07, 6.45) is 11.1. The van der Waals surface area contributed by atoms with Crippen molar-refractivity contribution in [3.63, 3.8) is 0 Å². The molecule has 38 heavy (non-hydrogen) atoms. The topological polar surface area (TPSA) is 90.4 Å². The van der Waals surface area contributed by atoms with E-state index in [1.165, 1.54) is 4.90 Å². The number of anilines is 1. The second kappa shape index (κ2) is 10.3. The first-order valence-electron chi connectivity index (χ1n) is 14.0. The Morgan fingerprint density at radius 3 is 2.39 bits per heavy atom. The first kappa shape index (κ1) is 26.6. The molecule has 0 bridgehead atoms. The van der Waals surface area contributed by atoms with Crippen LogP contribution in [0.25, 0.3) is 0 Å². The summed E-state index contributed by atoms with van der Waals surface area (Å²) >= 11 is 0. The molecule has 1 aromatic rings. The molecule has 6 atom stereocenters. The van der Waals surface area contributed by atoms with Crippen LogP contribution in [0.3, 0.4) is 0 Å². The van der Waals surface area contributed by atoms with Gasteiger partial charge in [-0.05, 0) is 31.9 Å². The van der Waals surface area contributed by atoms with Crippen LogP contribution in [0.4, 0.5) is 5.69 Å². The van der Waals surface area contributed by atoms with Crippen LogP contribution in [0.15, 0.2) is 54.6 Å². The lowest BCUT2D eigenvalue weighted by Gasteiger charge is -2.40. The number of carbonyl (C=O) groups is 3. The number of amides is 3. The van der Waals surface area contributed by atoms with Crippen molar-refractivity contribution in [1.29, 1.82) is 0 Å². The Kier molecular flexibility index (Phi) is 7.22. The maximum Gasteiger partial charge on any atom is 0.249 e. The van der Waals surface area contributed by atoms with Gasteiger partial charge in [-0.25, -0.2) is 0 Å². The number of ether oxygens (including phenoxy) is 1. The van der Waals surface area contributed by atoms with Gasteiger partial charge in [0.25, 0.3) is 0 Å². The number of para-hydroxylation sites is 1. The fraction of sp³-hybridized carbons (Fsp3) is 0.567. The van der Waals surface area contributed by atoms with Crippen molar-refractivity contribution < 1.29 is 24.2 Å². The second-order valence-corrected chi connectivity index (χ2v) is 11.0. The Morgan fingerprint density at radius 2 is 1.71 bits per heavy atom. The summed E-state index contributed by atoms with van der Waals surface area (Å²) in [7, 11) is 0. The van der Waals surface area contributed by atoms with Crippen molar-refractivity contribution in [3.05, 3.63) is 54.6 Å². The lowest BCUT2D eigenvalue weighted by Crippen LogP contribution is -2.58. The highest BCUT2D eigenvalue weighted by Gasteiger charge is 2.75. The van der Waals surface area contributed by atoms with Crippen LogP contribution in [0, 0.1) is 11.8 Å². The summed E-state index contributed by atoms with van der Waals surface area (Å²) in [6, 6.07) is 7.92. The average Bonchev–Trinajstić information content (AvgIpc) is 3.23. The largest absolute Gasteiger partial charge is 0.394 e. The first-order valence-corrected chi connectivity index (χ1v) is 14.0. The van der Waals surface area contributed by atoms with Gasteiger partial charge < -0.3 is 24.5 Å². The van der Waals surface area contributed by atoms with Gasteiger partial charge in [0.05, 0.1) is 30.1 Å². The van der Waals surface area contributed by atoms with Gasteiger partial charge in [0.2, 0.25) is 17.7 Å². The van der Waals surface area contributed by atoms with Crippen molar-refractivity contribution in [2.45, 2.75) is 69.7 Å². The number of hydrogen-bond donors (Lipinski definition) is 1. The highest BCUT2D eigenvalue weighted by Crippen LogP contribution is 2.59. The van der Waals surface area contributed by atoms with E-state index in [4.69, 9.17) is 4.74 Å². The molecule has 204 valence electrons. The minimum Gasteiger partial charge on any atom is -0.394 e. The lowest BCUT2D eigenvalue weighted by molar-refractivity contribution is -0.155. The van der Waals surface area contributed by atoms with Gasteiger partial charge in [0.1, 0.15) is 11.6 Å². The van der Waals surface area contributed by atoms with E-state index in [1.54, 1.807) is 16.7 Å². The summed E-state index contributed by atoms with van der Waals surface area (Å²) in [5.74, 6) is -2.34. The van der Waals surface area contributed by atoms with Crippen molar-refractivity contribution in [2.75, 3.05) is 31.1 Å². The third-order valence-electron chi connectivity index (χ3n) is 8.80. The fourth-order valence-corrected chi connectivity index (χ4v) is 6.90. The highest BCUT2D eigenvalue weighted by molar-refractivity contribution is 6.04. The predicted molar refractivity (Wildman–Crippen MR) is 144 cm³/mol. The molecule has 1 spiro atoms. The molecule has 3 amide bonds. The van der Waals surface area contributed by atoms with Gasteiger partial charge in [-0.1, -0.05) is 69.2 Å². The maximum absolute atomic E-state index is 14.4. The van der Waals surface area contributed by atoms with Crippen molar-refractivity contribution in [2.24, 2.45) is 11.8 Å². The number of carbonyl (C=O) groups excluding carboxylic acids is 3. The number of rotatable bonds is 8. The normalized spacial score (nSPS) is 33.2. The maximum atomic E-state index is 14.4. The molecule has 4 aliphatic rings. The van der Waals surface area contributed by atoms with E-state index >= 15 is 0 Å². The number of nitrogens with zero attached hydrogens (tertiary/aromatic N) is 3. The van der Waals surface area contributed by atoms with Gasteiger partial charge in [-0.3, -0.25) is 14.4 Å². The molecule has 0 aromatic heterocycles. The molecular weight excluding hydrogens is 482 g/mol. The highest BCUT2D eigenvalue weighted by atomic mass is 16.5. The van der Waals surface area contributed by atoms with Gasteiger partial charge in [0, 0.05) is 25.3 Å². The molecular formula is C30H39N3O5. The van der Waals surface area contributed by atoms with E-state index < -0.39 is 35.1 Å². The second-order valence-electron chi connectivity index (χ2n) is 11.0. The smallest absolute Gasteiger partial charge is 0.249 e. The van der Waals surface area contributed by atoms with Crippen LogP contribution in [-0.4, -0.2) is 82.2 Å². The van der Waals surface area contributed by atoms with E-state index in [0.717, 1.165) is 24.9 Å². The molecule has 2 fully saturated rings. The molecule has 0 radical (unpaired) electrons. The molecule has 1 unspecified atom stereocenters. The molecule has 4 heterocycles. The molecule has 2 saturated heterocycles. The first-order chi connectivity index (χ1) is 18.3. The number of likely N-dealkylation sites (tertiary alicyclic amines) is 1. The van der Waals surface area contributed by atoms with Crippen LogP contribution in [0.1, 0.15) is 46.5 Å². The summed E-state index contributed by atoms with van der Waals surface area (Å²) in [6.45, 7) is 6.93. The van der Waals surface area contributed by atoms with Crippen molar-refractivity contribution >= 4 is 23.4 Å². The summed E-state index contributed by atoms with van der Waals surface area (Å²) in [5.41, 5.74) is -1.56. The van der Waals surface area contributed by atoms with Crippen LogP contribution in [0.5, 0.6) is 0 Å². The Balaban J connectivity index is 1.63. The molecule has 4 aliphatic heterocycles. The molecule has 8 nitrogen and oxygen atoms in total. The van der Waals surface area contributed by atoms with Gasteiger partial charge in [-0.2, -0.15) is 0 Å². The van der Waals surface area contributed by atoms with E-state index in [2.05, 4.69) is 6.92 Å². The SMILES string of the molecule is CCCCCN1CC=C[C@]23O[C@]4(CC)C=CCN(c5ccccc5)C(=O)[C@@H]4[C@H]2C(=O)N([C@H](C)CO)C3C1=O. The quantitative estimate of drug-likeness (QED) is 0.420. The Labute approximate surface area is 224 Å². The summed E-state index contributed by atoms with van der Waals surface area (Å²) in [4.78, 5) is 47.9. The molecule has 8 heteroatoms. The minimum atomic E-state index is -1.29. The van der Waals surface area contributed by atoms with Crippen LogP contribution < -0.4 is 4.90 Å². The van der Waals surface area contributed by atoms with Gasteiger partial charge in [0.15, 0.2) is 0 Å². The summed E-state index contributed by atoms with van der Waals surface area (Å²) < 4.78 is 6.96. The average molecular weight is 522 g/mol. The number of hydrogen-bond acceptors (Lipinski definition) is 5. The zero-order valence-electron chi connectivity index (χ0n) is 22.6. The lowest BCUT2D eigenvalue weighted by atomic mass is 9.73. The molecule has 5 rings (SSSR count). The van der Waals surface area contributed by atoms with Gasteiger partial charge in [-0.15, -0.1) is 0 Å². The third kappa shape index (κ3) is 3.92. The van der Waals surface area contributed by atoms with Crippen LogP contribution in [0.2, 0.25) is 0 Å². The standard InChI is InChI=1S/C30H39N3O5/c1-4-6-10-17-31-18-12-16-30-24(27(36)33(21(3)20-34)25(30)28(31)37)23-26(35)32(22-13-8-7-9-14-22)19-11-15-29(23,5-2)38-30/h7-9,11-16,21,23-25,34H,4-6,10,17-20H2,1-3H3/t21-,23+,24+,25?,29-,30+/m1/s1. The Hall–Kier alpha value is -2.97. The molecule has 1 aromatic carbocycles. The number of aliphatic hydroxyl groups is 1. The molecule has 0 aliphatic carbocycles. The fourth-order valence-electron chi connectivity index (χ4n) is 6.90. The van der Waals surface area contributed by atoms with E-state index in [0.29, 0.717) is 26.1 Å². The predicted octanol–water partition coefficient (Wildman–Crippen LogP) is 2.92. The van der Waals surface area contributed by atoms with Crippen molar-refractivity contribution in [3.8, 4) is 0 Å². The zero-order chi connectivity index (χ0) is 27.1. The zero-order valence-corrected chi connectivity index (χ0v) is 22.6.